The lowest BCUT2D eigenvalue weighted by molar-refractivity contribution is 0.0951. The molecule has 0 aromatic heterocycles. The molecule has 0 atom stereocenters. The van der Waals surface area contributed by atoms with E-state index in [1.54, 1.807) is 24.3 Å². The molecule has 0 bridgehead atoms. The number of amides is 1. The van der Waals surface area contributed by atoms with Crippen molar-refractivity contribution >= 4 is 15.7 Å². The summed E-state index contributed by atoms with van der Waals surface area (Å²) in [6, 6.07) is 15.0. The maximum Gasteiger partial charge on any atom is 0.251 e. The number of nitrogens with one attached hydrogen (secondary N) is 1. The Kier molecular flexibility index (Phi) is 7.56. The highest BCUT2D eigenvalue weighted by Gasteiger charge is 2.09. The number of benzene rings is 2. The van der Waals surface area contributed by atoms with Gasteiger partial charge in [-0.3, -0.25) is 9.69 Å². The molecule has 6 heteroatoms. The lowest BCUT2D eigenvalue weighted by Crippen LogP contribution is -2.23. The van der Waals surface area contributed by atoms with E-state index in [0.717, 1.165) is 25.2 Å². The maximum absolute atomic E-state index is 12.4. The maximum atomic E-state index is 12.4. The molecular weight excluding hydrogens is 360 g/mol. The minimum Gasteiger partial charge on any atom is -0.348 e. The fraction of sp³-hybridized carbons (Fsp3) is 0.381. The van der Waals surface area contributed by atoms with E-state index in [0.29, 0.717) is 17.7 Å². The van der Waals surface area contributed by atoms with Gasteiger partial charge in [-0.1, -0.05) is 50.2 Å². The van der Waals surface area contributed by atoms with Crippen molar-refractivity contribution in [3.05, 3.63) is 70.8 Å². The highest BCUT2D eigenvalue weighted by atomic mass is 32.2. The summed E-state index contributed by atoms with van der Waals surface area (Å²) in [7, 11) is -3.13. The average Bonchev–Trinajstić information content (AvgIpc) is 2.64. The van der Waals surface area contributed by atoms with Crippen LogP contribution in [-0.4, -0.2) is 38.6 Å². The normalized spacial score (nSPS) is 11.6. The van der Waals surface area contributed by atoms with Gasteiger partial charge >= 0.3 is 0 Å². The average molecular weight is 389 g/mol. The van der Waals surface area contributed by atoms with E-state index in [1.165, 1.54) is 11.8 Å². The molecule has 0 unspecified atom stereocenters. The summed E-state index contributed by atoms with van der Waals surface area (Å²) >= 11 is 0. The number of rotatable bonds is 9. The van der Waals surface area contributed by atoms with Crippen LogP contribution < -0.4 is 5.32 Å². The second-order valence-electron chi connectivity index (χ2n) is 6.73. The molecular formula is C21H28N2O3S. The van der Waals surface area contributed by atoms with Gasteiger partial charge in [-0.25, -0.2) is 8.42 Å². The third-order valence-corrected chi connectivity index (χ3v) is 5.25. The van der Waals surface area contributed by atoms with Crippen molar-refractivity contribution in [2.24, 2.45) is 0 Å². The van der Waals surface area contributed by atoms with Crippen molar-refractivity contribution in [3.8, 4) is 0 Å². The van der Waals surface area contributed by atoms with Gasteiger partial charge in [0.25, 0.3) is 5.91 Å². The van der Waals surface area contributed by atoms with E-state index in [4.69, 9.17) is 0 Å². The molecule has 1 amide bonds. The van der Waals surface area contributed by atoms with Crippen LogP contribution in [0.2, 0.25) is 0 Å². The van der Waals surface area contributed by atoms with Gasteiger partial charge in [-0.05, 0) is 41.9 Å². The number of hydrogen-bond acceptors (Lipinski definition) is 4. The van der Waals surface area contributed by atoms with E-state index in [9.17, 15) is 13.2 Å². The molecule has 0 fully saturated rings. The minimum atomic E-state index is -3.13. The van der Waals surface area contributed by atoms with Crippen LogP contribution in [0, 0.1) is 0 Å². The van der Waals surface area contributed by atoms with Crippen molar-refractivity contribution < 1.29 is 13.2 Å². The van der Waals surface area contributed by atoms with Crippen LogP contribution in [0.1, 0.15) is 40.9 Å². The fourth-order valence-electron chi connectivity index (χ4n) is 2.86. The molecule has 0 saturated heterocycles. The summed E-state index contributed by atoms with van der Waals surface area (Å²) in [6.07, 6.45) is 1.18. The van der Waals surface area contributed by atoms with Gasteiger partial charge < -0.3 is 5.32 Å². The van der Waals surface area contributed by atoms with Crippen molar-refractivity contribution in [2.75, 3.05) is 19.3 Å². The predicted molar refractivity (Wildman–Crippen MR) is 109 cm³/mol. The Bertz CT molecular complexity index is 857. The Morgan fingerprint density at radius 1 is 0.963 bits per heavy atom. The second kappa shape index (κ2) is 9.67. The molecule has 0 heterocycles. The Hall–Kier alpha value is -2.18. The smallest absolute Gasteiger partial charge is 0.251 e. The summed E-state index contributed by atoms with van der Waals surface area (Å²) in [5, 5.41) is 2.89. The molecule has 2 rings (SSSR count). The SMILES string of the molecule is CCN(CC)Cc1ccc(CNC(=O)c2cccc(CS(C)(=O)=O)c2)cc1. The summed E-state index contributed by atoms with van der Waals surface area (Å²) in [6.45, 7) is 7.70. The summed E-state index contributed by atoms with van der Waals surface area (Å²) in [5.41, 5.74) is 3.36. The summed E-state index contributed by atoms with van der Waals surface area (Å²) < 4.78 is 22.8. The van der Waals surface area contributed by atoms with E-state index in [2.05, 4.69) is 36.2 Å². The van der Waals surface area contributed by atoms with Gasteiger partial charge in [0, 0.05) is 24.9 Å². The van der Waals surface area contributed by atoms with Crippen LogP contribution in [0.5, 0.6) is 0 Å². The van der Waals surface area contributed by atoms with Crippen molar-refractivity contribution in [2.45, 2.75) is 32.7 Å². The molecule has 0 aliphatic carbocycles. The molecule has 1 N–H and O–H groups in total. The molecule has 0 aliphatic rings. The predicted octanol–water partition coefficient (Wildman–Crippen LogP) is 3.00. The Morgan fingerprint density at radius 3 is 2.19 bits per heavy atom. The van der Waals surface area contributed by atoms with E-state index in [-0.39, 0.29) is 11.7 Å². The standard InChI is InChI=1S/C21H28N2O3S/c1-4-23(5-2)15-18-11-9-17(10-12-18)14-22-21(24)20-8-6-7-19(13-20)16-27(3,25)26/h6-13H,4-5,14-16H2,1-3H3,(H,22,24). The molecule has 2 aromatic carbocycles. The number of carbonyl (C=O) groups excluding carboxylic acids is 1. The van der Waals surface area contributed by atoms with Crippen LogP contribution in [0.3, 0.4) is 0 Å². The Labute approximate surface area is 162 Å². The topological polar surface area (TPSA) is 66.5 Å². The minimum absolute atomic E-state index is 0.0673. The Morgan fingerprint density at radius 2 is 1.59 bits per heavy atom. The van der Waals surface area contributed by atoms with Gasteiger partial charge in [0.15, 0.2) is 9.84 Å². The summed E-state index contributed by atoms with van der Waals surface area (Å²) in [4.78, 5) is 14.7. The third-order valence-electron chi connectivity index (χ3n) is 4.39. The van der Waals surface area contributed by atoms with Gasteiger partial charge in [0.2, 0.25) is 0 Å². The first-order valence-electron chi connectivity index (χ1n) is 9.15. The van der Waals surface area contributed by atoms with Crippen LogP contribution >= 0.6 is 0 Å². The second-order valence-corrected chi connectivity index (χ2v) is 8.87. The van der Waals surface area contributed by atoms with Crippen molar-refractivity contribution in [1.29, 1.82) is 0 Å². The number of nitrogens with zero attached hydrogens (tertiary/aromatic N) is 1. The molecule has 2 aromatic rings. The first kappa shape index (κ1) is 21.1. The summed E-state index contributed by atoms with van der Waals surface area (Å²) in [5.74, 6) is -0.278. The third kappa shape index (κ3) is 7.15. The molecule has 0 saturated carbocycles. The van der Waals surface area contributed by atoms with Crippen LogP contribution in [-0.2, 0) is 28.7 Å². The van der Waals surface area contributed by atoms with Crippen LogP contribution in [0.4, 0.5) is 0 Å². The lowest BCUT2D eigenvalue weighted by atomic mass is 10.1. The monoisotopic (exact) mass is 388 g/mol. The highest BCUT2D eigenvalue weighted by molar-refractivity contribution is 7.89. The largest absolute Gasteiger partial charge is 0.348 e. The van der Waals surface area contributed by atoms with Gasteiger partial charge in [0.05, 0.1) is 5.75 Å². The lowest BCUT2D eigenvalue weighted by Gasteiger charge is -2.18. The molecule has 146 valence electrons. The molecule has 0 spiro atoms. The zero-order valence-electron chi connectivity index (χ0n) is 16.2. The molecule has 0 radical (unpaired) electrons. The molecule has 5 nitrogen and oxygen atoms in total. The number of sulfone groups is 1. The highest BCUT2D eigenvalue weighted by Crippen LogP contribution is 2.10. The van der Waals surface area contributed by atoms with Crippen LogP contribution in [0.15, 0.2) is 48.5 Å². The van der Waals surface area contributed by atoms with Crippen LogP contribution in [0.25, 0.3) is 0 Å². The Balaban J connectivity index is 1.94. The quantitative estimate of drug-likeness (QED) is 0.717. The first-order chi connectivity index (χ1) is 12.8. The van der Waals surface area contributed by atoms with Gasteiger partial charge in [-0.15, -0.1) is 0 Å². The van der Waals surface area contributed by atoms with E-state index >= 15 is 0 Å². The van der Waals surface area contributed by atoms with Crippen molar-refractivity contribution in [3.63, 3.8) is 0 Å². The van der Waals surface area contributed by atoms with Crippen molar-refractivity contribution in [1.82, 2.24) is 10.2 Å². The molecule has 0 aliphatic heterocycles. The van der Waals surface area contributed by atoms with E-state index < -0.39 is 9.84 Å². The van der Waals surface area contributed by atoms with Gasteiger partial charge in [-0.2, -0.15) is 0 Å². The zero-order chi connectivity index (χ0) is 19.9. The fourth-order valence-corrected chi connectivity index (χ4v) is 3.64. The number of carbonyl (C=O) groups is 1. The molecule has 27 heavy (non-hydrogen) atoms. The van der Waals surface area contributed by atoms with Gasteiger partial charge in [0.1, 0.15) is 0 Å². The van der Waals surface area contributed by atoms with E-state index in [1.807, 2.05) is 12.1 Å². The zero-order valence-corrected chi connectivity index (χ0v) is 17.1. The number of hydrogen-bond donors (Lipinski definition) is 1. The first-order valence-corrected chi connectivity index (χ1v) is 11.2.